The molecule has 1 aromatic carbocycles. The van der Waals surface area contributed by atoms with Crippen LogP contribution in [0.2, 0.25) is 0 Å². The zero-order chi connectivity index (χ0) is 14.4. The van der Waals surface area contributed by atoms with Gasteiger partial charge in [0.15, 0.2) is 11.6 Å². The molecular weight excluding hydrogens is 282 g/mol. The zero-order valence-electron chi connectivity index (χ0n) is 9.76. The van der Waals surface area contributed by atoms with Crippen molar-refractivity contribution in [1.29, 1.82) is 0 Å². The number of carbonyl (C=O) groups is 1. The maximum Gasteiger partial charge on any atom is 0.335 e. The first kappa shape index (κ1) is 13.7. The lowest BCUT2D eigenvalue weighted by Crippen LogP contribution is -2.20. The van der Waals surface area contributed by atoms with E-state index >= 15 is 0 Å². The number of rotatable bonds is 1. The van der Waals surface area contributed by atoms with Crippen molar-refractivity contribution in [2.75, 3.05) is 0 Å². The Bertz CT molecular complexity index is 641. The maximum absolute atomic E-state index is 13.7. The molecule has 2 atom stereocenters. The summed E-state index contributed by atoms with van der Waals surface area (Å²) in [5, 5.41) is 8.77. The number of carboxylic acids is 1. The fourth-order valence-electron chi connectivity index (χ4n) is 1.79. The van der Waals surface area contributed by atoms with Gasteiger partial charge in [-0.15, -0.1) is 0 Å². The lowest BCUT2D eigenvalue weighted by molar-refractivity contribution is 0.0696. The third-order valence-electron chi connectivity index (χ3n) is 2.74. The van der Waals surface area contributed by atoms with E-state index in [9.17, 15) is 22.0 Å². The fourth-order valence-corrected chi connectivity index (χ4v) is 3.29. The van der Waals surface area contributed by atoms with E-state index in [1.54, 1.807) is 0 Å². The van der Waals surface area contributed by atoms with Gasteiger partial charge in [0.2, 0.25) is 15.3 Å². The van der Waals surface area contributed by atoms with Crippen molar-refractivity contribution in [2.45, 2.75) is 29.8 Å². The molecule has 0 amide bonds. The molecule has 0 unspecified atom stereocenters. The third-order valence-corrected chi connectivity index (χ3v) is 4.52. The monoisotopic (exact) mass is 292 g/mol. The summed E-state index contributed by atoms with van der Waals surface area (Å²) < 4.78 is 56.2. The summed E-state index contributed by atoms with van der Waals surface area (Å²) in [5.74, 6) is -3.28. The molecule has 0 saturated carbocycles. The minimum Gasteiger partial charge on any atom is -0.486 e. The number of hydrogen-bond donors (Lipinski definition) is 1. The standard InChI is InChI=1S/C11H10F2O5S/c1-5-2-9(13)19(16,17)8-4-6(11(14)15)3-7(12)10(8)18-5/h3-5,9H,2H2,1H3,(H,14,15)/t5-,9-/m0/s1. The first-order valence-electron chi connectivity index (χ1n) is 5.35. The van der Waals surface area contributed by atoms with E-state index in [2.05, 4.69) is 0 Å². The Morgan fingerprint density at radius 3 is 2.68 bits per heavy atom. The lowest BCUT2D eigenvalue weighted by Gasteiger charge is -2.12. The number of alkyl halides is 1. The van der Waals surface area contributed by atoms with Gasteiger partial charge >= 0.3 is 5.97 Å². The largest absolute Gasteiger partial charge is 0.486 e. The van der Waals surface area contributed by atoms with Crippen LogP contribution in [0.4, 0.5) is 8.78 Å². The number of sulfone groups is 1. The predicted octanol–water partition coefficient (Wildman–Crippen LogP) is 1.76. The molecule has 0 saturated heterocycles. The lowest BCUT2D eigenvalue weighted by atomic mass is 10.2. The molecule has 1 N–H and O–H groups in total. The van der Waals surface area contributed by atoms with Crippen LogP contribution in [0.3, 0.4) is 0 Å². The molecule has 1 heterocycles. The molecule has 1 aromatic rings. The van der Waals surface area contributed by atoms with Gasteiger partial charge < -0.3 is 9.84 Å². The van der Waals surface area contributed by atoms with E-state index in [0.29, 0.717) is 12.1 Å². The molecule has 5 nitrogen and oxygen atoms in total. The molecule has 104 valence electrons. The van der Waals surface area contributed by atoms with Crippen LogP contribution in [0, 0.1) is 5.82 Å². The van der Waals surface area contributed by atoms with Gasteiger partial charge in [-0.2, -0.15) is 0 Å². The van der Waals surface area contributed by atoms with E-state index in [1.165, 1.54) is 6.92 Å². The predicted molar refractivity (Wildman–Crippen MR) is 60.1 cm³/mol. The van der Waals surface area contributed by atoms with Gasteiger partial charge in [-0.05, 0) is 19.1 Å². The topological polar surface area (TPSA) is 80.7 Å². The number of fused-ring (bicyclic) bond motifs is 1. The molecular formula is C11H10F2O5S. The average Bonchev–Trinajstić information content (AvgIpc) is 2.37. The molecule has 2 rings (SSSR count). The third kappa shape index (κ3) is 2.27. The van der Waals surface area contributed by atoms with Gasteiger partial charge in [-0.25, -0.2) is 22.0 Å². The maximum atomic E-state index is 13.7. The van der Waals surface area contributed by atoms with Crippen LogP contribution in [0.5, 0.6) is 5.75 Å². The Balaban J connectivity index is 2.76. The molecule has 8 heteroatoms. The molecule has 0 spiro atoms. The van der Waals surface area contributed by atoms with Crippen molar-refractivity contribution in [3.63, 3.8) is 0 Å². The van der Waals surface area contributed by atoms with Crippen LogP contribution in [-0.2, 0) is 9.84 Å². The summed E-state index contributed by atoms with van der Waals surface area (Å²) in [6, 6.07) is 1.35. The van der Waals surface area contributed by atoms with E-state index in [0.717, 1.165) is 0 Å². The van der Waals surface area contributed by atoms with Crippen LogP contribution < -0.4 is 4.74 Å². The summed E-state index contributed by atoms with van der Waals surface area (Å²) in [4.78, 5) is 10.0. The molecule has 0 bridgehead atoms. The minimum absolute atomic E-state index is 0.446. The Labute approximate surface area is 107 Å². The number of carboxylic acid groups (broad SMARTS) is 1. The Kier molecular flexibility index (Phi) is 3.21. The van der Waals surface area contributed by atoms with E-state index in [-0.39, 0.29) is 0 Å². The summed E-state index contributed by atoms with van der Waals surface area (Å²) in [6.45, 7) is 1.40. The van der Waals surface area contributed by atoms with Gasteiger partial charge in [0.25, 0.3) is 0 Å². The molecule has 19 heavy (non-hydrogen) atoms. The van der Waals surface area contributed by atoms with Crippen molar-refractivity contribution >= 4 is 15.8 Å². The molecule has 1 aliphatic rings. The second-order valence-electron chi connectivity index (χ2n) is 4.21. The van der Waals surface area contributed by atoms with Crippen molar-refractivity contribution < 1.29 is 31.8 Å². The summed E-state index contributed by atoms with van der Waals surface area (Å²) in [7, 11) is -4.46. The van der Waals surface area contributed by atoms with E-state index < -0.39 is 55.9 Å². The minimum atomic E-state index is -4.46. The van der Waals surface area contributed by atoms with E-state index in [1.807, 2.05) is 0 Å². The van der Waals surface area contributed by atoms with Crippen LogP contribution in [-0.4, -0.2) is 31.1 Å². The van der Waals surface area contributed by atoms with Gasteiger partial charge in [-0.1, -0.05) is 0 Å². The van der Waals surface area contributed by atoms with Gasteiger partial charge in [0.1, 0.15) is 4.90 Å². The van der Waals surface area contributed by atoms with Crippen LogP contribution in [0.1, 0.15) is 23.7 Å². The number of ether oxygens (including phenoxy) is 1. The van der Waals surface area contributed by atoms with Crippen molar-refractivity contribution in [3.8, 4) is 5.75 Å². The second kappa shape index (κ2) is 4.44. The highest BCUT2D eigenvalue weighted by molar-refractivity contribution is 7.92. The number of aromatic carboxylic acids is 1. The van der Waals surface area contributed by atoms with Crippen molar-refractivity contribution in [3.05, 3.63) is 23.5 Å². The highest BCUT2D eigenvalue weighted by Gasteiger charge is 2.38. The van der Waals surface area contributed by atoms with Crippen molar-refractivity contribution in [2.24, 2.45) is 0 Å². The summed E-state index contributed by atoms with van der Waals surface area (Å²) >= 11 is 0. The molecule has 0 fully saturated rings. The second-order valence-corrected chi connectivity index (χ2v) is 6.25. The first-order chi connectivity index (χ1) is 8.73. The highest BCUT2D eigenvalue weighted by atomic mass is 32.2. The first-order valence-corrected chi connectivity index (χ1v) is 6.89. The number of halogens is 2. The van der Waals surface area contributed by atoms with Gasteiger partial charge in [0.05, 0.1) is 11.7 Å². The molecule has 0 aromatic heterocycles. The smallest absolute Gasteiger partial charge is 0.335 e. The molecule has 0 aliphatic carbocycles. The Hall–Kier alpha value is -1.70. The zero-order valence-corrected chi connectivity index (χ0v) is 10.6. The quantitative estimate of drug-likeness (QED) is 0.853. The van der Waals surface area contributed by atoms with Gasteiger partial charge in [-0.3, -0.25) is 0 Å². The Morgan fingerprint density at radius 1 is 1.47 bits per heavy atom. The van der Waals surface area contributed by atoms with E-state index in [4.69, 9.17) is 9.84 Å². The van der Waals surface area contributed by atoms with Gasteiger partial charge in [0, 0.05) is 6.42 Å². The number of benzene rings is 1. The average molecular weight is 292 g/mol. The van der Waals surface area contributed by atoms with Crippen LogP contribution >= 0.6 is 0 Å². The Morgan fingerprint density at radius 2 is 2.11 bits per heavy atom. The highest BCUT2D eigenvalue weighted by Crippen LogP contribution is 2.36. The molecule has 1 aliphatic heterocycles. The molecule has 0 radical (unpaired) electrons. The van der Waals surface area contributed by atoms with Crippen LogP contribution in [0.15, 0.2) is 17.0 Å². The van der Waals surface area contributed by atoms with Crippen LogP contribution in [0.25, 0.3) is 0 Å². The fraction of sp³-hybridized carbons (Fsp3) is 0.364. The summed E-state index contributed by atoms with van der Waals surface area (Å²) in [5.41, 5.74) is -2.84. The SMILES string of the molecule is C[C@H]1C[C@@H](F)S(=O)(=O)c2cc(C(=O)O)cc(F)c2O1. The van der Waals surface area contributed by atoms with Crippen molar-refractivity contribution in [1.82, 2.24) is 0 Å². The normalized spacial score (nSPS) is 25.0. The number of hydrogen-bond acceptors (Lipinski definition) is 4. The summed E-state index contributed by atoms with van der Waals surface area (Å²) in [6.07, 6.45) is -1.28.